The summed E-state index contributed by atoms with van der Waals surface area (Å²) in [6.07, 6.45) is -2.88. The van der Waals surface area contributed by atoms with Crippen molar-refractivity contribution in [2.75, 3.05) is 17.2 Å². The zero-order valence-electron chi connectivity index (χ0n) is 11.4. The summed E-state index contributed by atoms with van der Waals surface area (Å²) in [5.41, 5.74) is 0.0920. The van der Waals surface area contributed by atoms with Gasteiger partial charge in [0.2, 0.25) is 0 Å². The van der Waals surface area contributed by atoms with Crippen LogP contribution in [0.2, 0.25) is 0 Å². The van der Waals surface area contributed by atoms with Crippen molar-refractivity contribution in [3.05, 3.63) is 47.8 Å². The molecule has 0 fully saturated rings. The zero-order chi connectivity index (χ0) is 15.3. The maximum Gasteiger partial charge on any atom is 0.416 e. The van der Waals surface area contributed by atoms with Gasteiger partial charge in [0, 0.05) is 19.2 Å². The Kier molecular flexibility index (Phi) is 4.62. The molecule has 0 aliphatic rings. The predicted octanol–water partition coefficient (Wildman–Crippen LogP) is 3.54. The van der Waals surface area contributed by atoms with Gasteiger partial charge in [0.1, 0.15) is 18.0 Å². The molecule has 0 unspecified atom stereocenters. The van der Waals surface area contributed by atoms with E-state index in [4.69, 9.17) is 0 Å². The van der Waals surface area contributed by atoms with E-state index in [-0.39, 0.29) is 0 Å². The second-order valence-corrected chi connectivity index (χ2v) is 4.37. The largest absolute Gasteiger partial charge is 0.416 e. The van der Waals surface area contributed by atoms with E-state index < -0.39 is 11.7 Å². The number of benzene rings is 1. The molecule has 112 valence electrons. The fraction of sp³-hybridized carbons (Fsp3) is 0.286. The van der Waals surface area contributed by atoms with Crippen molar-refractivity contribution in [2.24, 2.45) is 0 Å². The van der Waals surface area contributed by atoms with Gasteiger partial charge in [-0.1, -0.05) is 12.1 Å². The Labute approximate surface area is 120 Å². The van der Waals surface area contributed by atoms with E-state index in [1.165, 1.54) is 18.5 Å². The Balaban J connectivity index is 1.98. The number of anilines is 2. The summed E-state index contributed by atoms with van der Waals surface area (Å²) >= 11 is 0. The fourth-order valence-corrected chi connectivity index (χ4v) is 1.74. The Morgan fingerprint density at radius 1 is 1.00 bits per heavy atom. The normalized spacial score (nSPS) is 11.2. The highest BCUT2D eigenvalue weighted by atomic mass is 19.4. The summed E-state index contributed by atoms with van der Waals surface area (Å²) in [6.45, 7) is 3.09. The monoisotopic (exact) mass is 296 g/mol. The predicted molar refractivity (Wildman–Crippen MR) is 75.0 cm³/mol. The SMILES string of the molecule is CCNc1cc(NCc2ccc(C(F)(F)F)cc2)ncn1. The van der Waals surface area contributed by atoms with Gasteiger partial charge in [0.05, 0.1) is 5.56 Å². The van der Waals surface area contributed by atoms with Gasteiger partial charge >= 0.3 is 6.18 Å². The first-order chi connectivity index (χ1) is 9.99. The van der Waals surface area contributed by atoms with Crippen LogP contribution in [-0.4, -0.2) is 16.5 Å². The number of hydrogen-bond acceptors (Lipinski definition) is 4. The molecule has 0 aliphatic carbocycles. The highest BCUT2D eigenvalue weighted by Gasteiger charge is 2.29. The third-order valence-electron chi connectivity index (χ3n) is 2.78. The molecule has 2 aromatic rings. The lowest BCUT2D eigenvalue weighted by Crippen LogP contribution is -2.06. The number of aromatic nitrogens is 2. The van der Waals surface area contributed by atoms with Gasteiger partial charge in [0.25, 0.3) is 0 Å². The summed E-state index contributed by atoms with van der Waals surface area (Å²) in [7, 11) is 0. The summed E-state index contributed by atoms with van der Waals surface area (Å²) in [5, 5.41) is 6.10. The van der Waals surface area contributed by atoms with E-state index in [0.29, 0.717) is 18.2 Å². The van der Waals surface area contributed by atoms with Crippen molar-refractivity contribution in [1.82, 2.24) is 9.97 Å². The lowest BCUT2D eigenvalue weighted by atomic mass is 10.1. The van der Waals surface area contributed by atoms with Crippen molar-refractivity contribution in [3.63, 3.8) is 0 Å². The van der Waals surface area contributed by atoms with E-state index in [1.54, 1.807) is 6.07 Å². The molecule has 21 heavy (non-hydrogen) atoms. The first-order valence-corrected chi connectivity index (χ1v) is 6.45. The molecule has 1 aromatic carbocycles. The Morgan fingerprint density at radius 3 is 2.19 bits per heavy atom. The van der Waals surface area contributed by atoms with E-state index in [1.807, 2.05) is 6.92 Å². The van der Waals surface area contributed by atoms with Crippen LogP contribution in [0.1, 0.15) is 18.1 Å². The van der Waals surface area contributed by atoms with Gasteiger partial charge in [-0.25, -0.2) is 9.97 Å². The highest BCUT2D eigenvalue weighted by Crippen LogP contribution is 2.29. The zero-order valence-corrected chi connectivity index (χ0v) is 11.4. The van der Waals surface area contributed by atoms with Gasteiger partial charge in [-0.15, -0.1) is 0 Å². The minimum atomic E-state index is -4.31. The molecule has 4 nitrogen and oxygen atoms in total. The van der Waals surface area contributed by atoms with Gasteiger partial charge in [-0.05, 0) is 24.6 Å². The van der Waals surface area contributed by atoms with Crippen LogP contribution in [0.4, 0.5) is 24.8 Å². The maximum absolute atomic E-state index is 12.4. The Bertz CT molecular complexity index is 582. The molecule has 0 spiro atoms. The molecule has 7 heteroatoms. The second kappa shape index (κ2) is 6.43. The minimum absolute atomic E-state index is 0.390. The molecule has 2 rings (SSSR count). The van der Waals surface area contributed by atoms with Crippen LogP contribution >= 0.6 is 0 Å². The van der Waals surface area contributed by atoms with E-state index in [9.17, 15) is 13.2 Å². The van der Waals surface area contributed by atoms with Crippen LogP contribution in [-0.2, 0) is 12.7 Å². The maximum atomic E-state index is 12.4. The molecule has 2 N–H and O–H groups in total. The van der Waals surface area contributed by atoms with Gasteiger partial charge in [0.15, 0.2) is 0 Å². The van der Waals surface area contributed by atoms with E-state index in [0.717, 1.165) is 24.2 Å². The lowest BCUT2D eigenvalue weighted by Gasteiger charge is -2.09. The first-order valence-electron chi connectivity index (χ1n) is 6.45. The molecule has 1 aromatic heterocycles. The van der Waals surface area contributed by atoms with Gasteiger partial charge in [-0.2, -0.15) is 13.2 Å². The van der Waals surface area contributed by atoms with Crippen molar-refractivity contribution in [1.29, 1.82) is 0 Å². The quantitative estimate of drug-likeness (QED) is 0.886. The molecule has 0 radical (unpaired) electrons. The van der Waals surface area contributed by atoms with Crippen molar-refractivity contribution in [3.8, 4) is 0 Å². The molecular formula is C14H15F3N4. The third kappa shape index (κ3) is 4.34. The molecule has 1 heterocycles. The van der Waals surface area contributed by atoms with Crippen LogP contribution in [0, 0.1) is 0 Å². The molecular weight excluding hydrogens is 281 g/mol. The standard InChI is InChI=1S/C14H15F3N4/c1-2-18-12-7-13(21-9-20-12)19-8-10-3-5-11(6-4-10)14(15,16)17/h3-7,9H,2,8H2,1H3,(H2,18,19,20,21). The molecule has 0 aliphatic heterocycles. The van der Waals surface area contributed by atoms with Crippen molar-refractivity contribution in [2.45, 2.75) is 19.6 Å². The summed E-state index contributed by atoms with van der Waals surface area (Å²) in [4.78, 5) is 8.09. The molecule has 0 saturated heterocycles. The Morgan fingerprint density at radius 2 is 1.62 bits per heavy atom. The average Bonchev–Trinajstić information content (AvgIpc) is 2.45. The third-order valence-corrected chi connectivity index (χ3v) is 2.78. The van der Waals surface area contributed by atoms with Crippen LogP contribution in [0.25, 0.3) is 0 Å². The second-order valence-electron chi connectivity index (χ2n) is 4.37. The molecule has 0 bridgehead atoms. The summed E-state index contributed by atoms with van der Waals surface area (Å²) in [5.74, 6) is 1.31. The highest BCUT2D eigenvalue weighted by molar-refractivity contribution is 5.46. The van der Waals surface area contributed by atoms with Crippen molar-refractivity contribution < 1.29 is 13.2 Å². The van der Waals surface area contributed by atoms with E-state index in [2.05, 4.69) is 20.6 Å². The topological polar surface area (TPSA) is 49.8 Å². The number of alkyl halides is 3. The molecule has 0 atom stereocenters. The van der Waals surface area contributed by atoms with Crippen molar-refractivity contribution >= 4 is 11.6 Å². The molecule has 0 saturated carbocycles. The smallest absolute Gasteiger partial charge is 0.370 e. The number of rotatable bonds is 5. The number of hydrogen-bond donors (Lipinski definition) is 2. The van der Waals surface area contributed by atoms with Crippen LogP contribution in [0.15, 0.2) is 36.7 Å². The number of nitrogens with zero attached hydrogens (tertiary/aromatic N) is 2. The summed E-state index contributed by atoms with van der Waals surface area (Å²) < 4.78 is 37.3. The lowest BCUT2D eigenvalue weighted by molar-refractivity contribution is -0.137. The minimum Gasteiger partial charge on any atom is -0.370 e. The fourth-order valence-electron chi connectivity index (χ4n) is 1.74. The molecule has 0 amide bonds. The average molecular weight is 296 g/mol. The van der Waals surface area contributed by atoms with Gasteiger partial charge in [-0.3, -0.25) is 0 Å². The van der Waals surface area contributed by atoms with Crippen LogP contribution in [0.3, 0.4) is 0 Å². The van der Waals surface area contributed by atoms with Crippen LogP contribution < -0.4 is 10.6 Å². The van der Waals surface area contributed by atoms with E-state index >= 15 is 0 Å². The number of halogens is 3. The van der Waals surface area contributed by atoms with Gasteiger partial charge < -0.3 is 10.6 Å². The Hall–Kier alpha value is -2.31. The van der Waals surface area contributed by atoms with Crippen LogP contribution in [0.5, 0.6) is 0 Å². The summed E-state index contributed by atoms with van der Waals surface area (Å²) in [6, 6.07) is 6.78. The first kappa shape index (κ1) is 15.1. The number of nitrogens with one attached hydrogen (secondary N) is 2.